The molecule has 1 aliphatic heterocycles. The van der Waals surface area contributed by atoms with Crippen LogP contribution in [0.1, 0.15) is 52.9 Å². The van der Waals surface area contributed by atoms with Crippen molar-refractivity contribution >= 4 is 5.91 Å². The van der Waals surface area contributed by atoms with Crippen molar-refractivity contribution in [2.24, 2.45) is 5.92 Å². The number of fused-ring (bicyclic) bond motifs is 1. The SMILES string of the molecule is O=C(c1cc2c([nH]c1=O)CCCC2)N1CCCC(Cc2cccnc2)C1. The number of aromatic nitrogens is 2. The number of carbonyl (C=O) groups is 1. The number of hydrogen-bond acceptors (Lipinski definition) is 3. The van der Waals surface area contributed by atoms with Gasteiger partial charge in [0.1, 0.15) is 5.56 Å². The smallest absolute Gasteiger partial charge is 0.261 e. The second-order valence-corrected chi connectivity index (χ2v) is 7.55. The van der Waals surface area contributed by atoms with Crippen LogP contribution in [0.3, 0.4) is 0 Å². The maximum atomic E-state index is 13.0. The summed E-state index contributed by atoms with van der Waals surface area (Å²) in [5, 5.41) is 0. The Labute approximate surface area is 153 Å². The second-order valence-electron chi connectivity index (χ2n) is 7.55. The molecule has 0 radical (unpaired) electrons. The highest BCUT2D eigenvalue weighted by molar-refractivity contribution is 5.94. The zero-order valence-electron chi connectivity index (χ0n) is 15.0. The highest BCUT2D eigenvalue weighted by atomic mass is 16.2. The summed E-state index contributed by atoms with van der Waals surface area (Å²) in [7, 11) is 0. The van der Waals surface area contributed by atoms with E-state index in [9.17, 15) is 9.59 Å². The van der Waals surface area contributed by atoms with Crippen molar-refractivity contribution in [3.05, 3.63) is 63.3 Å². The van der Waals surface area contributed by atoms with E-state index in [1.165, 1.54) is 5.56 Å². The maximum absolute atomic E-state index is 13.0. The molecule has 1 fully saturated rings. The fourth-order valence-corrected chi connectivity index (χ4v) is 4.27. The van der Waals surface area contributed by atoms with E-state index in [4.69, 9.17) is 0 Å². The Hall–Kier alpha value is -2.43. The maximum Gasteiger partial charge on any atom is 0.261 e. The van der Waals surface area contributed by atoms with E-state index >= 15 is 0 Å². The molecular formula is C21H25N3O2. The molecule has 2 aliphatic rings. The number of carbonyl (C=O) groups excluding carboxylic acids is 1. The van der Waals surface area contributed by atoms with Gasteiger partial charge in [0.2, 0.25) is 0 Å². The number of aromatic amines is 1. The van der Waals surface area contributed by atoms with Gasteiger partial charge in [-0.15, -0.1) is 0 Å². The van der Waals surface area contributed by atoms with E-state index in [0.29, 0.717) is 18.0 Å². The summed E-state index contributed by atoms with van der Waals surface area (Å²) >= 11 is 0. The largest absolute Gasteiger partial charge is 0.338 e. The molecule has 136 valence electrons. The number of aryl methyl sites for hydroxylation is 2. The minimum Gasteiger partial charge on any atom is -0.338 e. The van der Waals surface area contributed by atoms with E-state index in [1.807, 2.05) is 23.2 Å². The van der Waals surface area contributed by atoms with Crippen molar-refractivity contribution in [1.29, 1.82) is 0 Å². The molecule has 0 spiro atoms. The van der Waals surface area contributed by atoms with Crippen molar-refractivity contribution in [1.82, 2.24) is 14.9 Å². The molecule has 26 heavy (non-hydrogen) atoms. The number of hydrogen-bond donors (Lipinski definition) is 1. The van der Waals surface area contributed by atoms with Crippen molar-refractivity contribution in [2.75, 3.05) is 13.1 Å². The van der Waals surface area contributed by atoms with Gasteiger partial charge >= 0.3 is 0 Å². The van der Waals surface area contributed by atoms with Gasteiger partial charge in [0.25, 0.3) is 11.5 Å². The van der Waals surface area contributed by atoms with E-state index in [2.05, 4.69) is 16.0 Å². The Morgan fingerprint density at radius 1 is 1.27 bits per heavy atom. The average Bonchev–Trinajstić information content (AvgIpc) is 2.68. The van der Waals surface area contributed by atoms with E-state index < -0.39 is 0 Å². The van der Waals surface area contributed by atoms with Crippen molar-refractivity contribution in [2.45, 2.75) is 44.9 Å². The molecule has 0 saturated carbocycles. The molecule has 1 amide bonds. The minimum atomic E-state index is -0.231. The number of nitrogens with zero attached hydrogens (tertiary/aromatic N) is 2. The summed E-state index contributed by atoms with van der Waals surface area (Å²) in [4.78, 5) is 34.4. The molecule has 3 heterocycles. The molecule has 2 aromatic rings. The van der Waals surface area contributed by atoms with Crippen LogP contribution >= 0.6 is 0 Å². The molecule has 1 aliphatic carbocycles. The first-order valence-electron chi connectivity index (χ1n) is 9.64. The van der Waals surface area contributed by atoms with Crippen LogP contribution in [-0.4, -0.2) is 33.9 Å². The average molecular weight is 351 g/mol. The number of rotatable bonds is 3. The van der Waals surface area contributed by atoms with Gasteiger partial charge in [0, 0.05) is 31.2 Å². The number of likely N-dealkylation sites (tertiary alicyclic amines) is 1. The zero-order chi connectivity index (χ0) is 17.9. The lowest BCUT2D eigenvalue weighted by molar-refractivity contribution is 0.0671. The number of amides is 1. The molecule has 5 heteroatoms. The molecule has 1 atom stereocenters. The summed E-state index contributed by atoms with van der Waals surface area (Å²) in [5.74, 6) is 0.309. The normalized spacial score (nSPS) is 19.8. The van der Waals surface area contributed by atoms with Gasteiger partial charge in [-0.2, -0.15) is 0 Å². The third kappa shape index (κ3) is 3.57. The molecule has 0 bridgehead atoms. The van der Waals surface area contributed by atoms with Crippen LogP contribution in [0.2, 0.25) is 0 Å². The molecule has 1 saturated heterocycles. The van der Waals surface area contributed by atoms with Gasteiger partial charge in [-0.3, -0.25) is 14.6 Å². The van der Waals surface area contributed by atoms with Crippen molar-refractivity contribution < 1.29 is 4.79 Å². The van der Waals surface area contributed by atoms with Gasteiger partial charge < -0.3 is 9.88 Å². The van der Waals surface area contributed by atoms with Gasteiger partial charge in [-0.1, -0.05) is 6.07 Å². The number of nitrogens with one attached hydrogen (secondary N) is 1. The van der Waals surface area contributed by atoms with Crippen molar-refractivity contribution in [3.8, 4) is 0 Å². The van der Waals surface area contributed by atoms with Gasteiger partial charge in [0.05, 0.1) is 0 Å². The van der Waals surface area contributed by atoms with E-state index in [1.54, 1.807) is 6.20 Å². The standard InChI is InChI=1S/C21H25N3O2/c25-20-18(12-17-7-1-2-8-19(17)23-20)21(26)24-10-4-6-16(14-24)11-15-5-3-9-22-13-15/h3,5,9,12-13,16H,1-2,4,6-8,10-11,14H2,(H,23,25). The van der Waals surface area contributed by atoms with Crippen LogP contribution in [0.15, 0.2) is 35.4 Å². The first-order chi connectivity index (χ1) is 12.7. The molecule has 4 rings (SSSR count). The zero-order valence-corrected chi connectivity index (χ0v) is 15.0. The van der Waals surface area contributed by atoms with E-state index in [0.717, 1.165) is 62.7 Å². The van der Waals surface area contributed by atoms with Crippen LogP contribution in [0.4, 0.5) is 0 Å². The summed E-state index contributed by atoms with van der Waals surface area (Å²) in [6.45, 7) is 1.45. The number of pyridine rings is 2. The molecule has 1 N–H and O–H groups in total. The van der Waals surface area contributed by atoms with Crippen LogP contribution in [0.5, 0.6) is 0 Å². The fraction of sp³-hybridized carbons (Fsp3) is 0.476. The lowest BCUT2D eigenvalue weighted by Gasteiger charge is -2.33. The Kier molecular flexibility index (Phi) is 4.87. The van der Waals surface area contributed by atoms with Gasteiger partial charge in [0.15, 0.2) is 0 Å². The number of piperidine rings is 1. The minimum absolute atomic E-state index is 0.115. The first kappa shape index (κ1) is 17.0. The molecular weight excluding hydrogens is 326 g/mol. The lowest BCUT2D eigenvalue weighted by atomic mass is 9.91. The van der Waals surface area contributed by atoms with Crippen LogP contribution < -0.4 is 5.56 Å². The molecule has 2 aromatic heterocycles. The summed E-state index contributed by atoms with van der Waals surface area (Å²) in [6, 6.07) is 5.89. The summed E-state index contributed by atoms with van der Waals surface area (Å²) in [6.07, 6.45) is 10.8. The molecule has 5 nitrogen and oxygen atoms in total. The summed E-state index contributed by atoms with van der Waals surface area (Å²) in [5.41, 5.74) is 3.45. The monoisotopic (exact) mass is 351 g/mol. The first-order valence-corrected chi connectivity index (χ1v) is 9.64. The van der Waals surface area contributed by atoms with Crippen molar-refractivity contribution in [3.63, 3.8) is 0 Å². The second kappa shape index (κ2) is 7.44. The quantitative estimate of drug-likeness (QED) is 0.925. The third-order valence-electron chi connectivity index (χ3n) is 5.62. The fourth-order valence-electron chi connectivity index (χ4n) is 4.27. The predicted molar refractivity (Wildman–Crippen MR) is 100 cm³/mol. The van der Waals surface area contributed by atoms with Gasteiger partial charge in [-0.05, 0) is 74.1 Å². The topological polar surface area (TPSA) is 66.1 Å². The molecule has 1 unspecified atom stereocenters. The lowest BCUT2D eigenvalue weighted by Crippen LogP contribution is -2.42. The van der Waals surface area contributed by atoms with Crippen LogP contribution in [0.25, 0.3) is 0 Å². The number of H-pyrrole nitrogens is 1. The van der Waals surface area contributed by atoms with Gasteiger partial charge in [-0.25, -0.2) is 0 Å². The summed E-state index contributed by atoms with van der Waals surface area (Å²) < 4.78 is 0. The van der Waals surface area contributed by atoms with E-state index in [-0.39, 0.29) is 11.5 Å². The Balaban J connectivity index is 1.50. The molecule has 0 aromatic carbocycles. The third-order valence-corrected chi connectivity index (χ3v) is 5.62. The van der Waals surface area contributed by atoms with Crippen LogP contribution in [-0.2, 0) is 19.3 Å². The Bertz CT molecular complexity index is 844. The predicted octanol–water partition coefficient (Wildman–Crippen LogP) is 2.74. The van der Waals surface area contributed by atoms with Crippen LogP contribution in [0, 0.1) is 5.92 Å². The highest BCUT2D eigenvalue weighted by Crippen LogP contribution is 2.23. The highest BCUT2D eigenvalue weighted by Gasteiger charge is 2.27. The Morgan fingerprint density at radius 3 is 3.00 bits per heavy atom. The Morgan fingerprint density at radius 2 is 2.15 bits per heavy atom.